The third-order valence-electron chi connectivity index (χ3n) is 2.55. The van der Waals surface area contributed by atoms with Gasteiger partial charge in [-0.05, 0) is 51.8 Å². The van der Waals surface area contributed by atoms with Crippen LogP contribution in [-0.2, 0) is 6.54 Å². The monoisotopic (exact) mass is 379 g/mol. The molecule has 0 spiro atoms. The van der Waals surface area contributed by atoms with Crippen LogP contribution in [0.4, 0.5) is 18.9 Å². The van der Waals surface area contributed by atoms with E-state index in [1.165, 1.54) is 18.2 Å². The van der Waals surface area contributed by atoms with Crippen LogP contribution in [0, 0.1) is 0 Å². The van der Waals surface area contributed by atoms with Crippen LogP contribution in [0.25, 0.3) is 0 Å². The second kappa shape index (κ2) is 6.58. The molecule has 2 aromatic rings. The Morgan fingerprint density at radius 2 is 1.90 bits per heavy atom. The van der Waals surface area contributed by atoms with Gasteiger partial charge in [0.2, 0.25) is 0 Å². The van der Waals surface area contributed by atoms with Gasteiger partial charge in [-0.15, -0.1) is 13.2 Å². The van der Waals surface area contributed by atoms with Crippen molar-refractivity contribution in [3.8, 4) is 5.75 Å². The molecule has 2 rings (SSSR count). The van der Waals surface area contributed by atoms with E-state index in [2.05, 4.69) is 26.0 Å². The maximum Gasteiger partial charge on any atom is 0.573 e. The van der Waals surface area contributed by atoms with Gasteiger partial charge >= 0.3 is 6.36 Å². The van der Waals surface area contributed by atoms with Gasteiger partial charge in [0, 0.05) is 16.7 Å². The van der Waals surface area contributed by atoms with E-state index >= 15 is 0 Å². The normalized spacial score (nSPS) is 11.3. The molecule has 0 aliphatic heterocycles. The Morgan fingerprint density at radius 3 is 2.57 bits per heavy atom. The zero-order valence-corrected chi connectivity index (χ0v) is 12.9. The Morgan fingerprint density at radius 1 is 1.14 bits per heavy atom. The third-order valence-corrected chi connectivity index (χ3v) is 3.78. The first-order valence-electron chi connectivity index (χ1n) is 5.87. The van der Waals surface area contributed by atoms with Gasteiger partial charge in [0.1, 0.15) is 5.75 Å². The second-order valence-corrected chi connectivity index (χ2v) is 5.44. The van der Waals surface area contributed by atoms with E-state index in [1.807, 2.05) is 6.07 Å². The molecule has 0 radical (unpaired) electrons. The van der Waals surface area contributed by atoms with Crippen molar-refractivity contribution in [2.24, 2.45) is 0 Å². The highest BCUT2D eigenvalue weighted by molar-refractivity contribution is 9.10. The van der Waals surface area contributed by atoms with Crippen molar-refractivity contribution in [3.63, 3.8) is 0 Å². The lowest BCUT2D eigenvalue weighted by atomic mass is 10.2. The van der Waals surface area contributed by atoms with Crippen LogP contribution < -0.4 is 10.1 Å². The molecule has 21 heavy (non-hydrogen) atoms. The molecule has 1 N–H and O–H groups in total. The molecule has 2 nitrogen and oxygen atoms in total. The van der Waals surface area contributed by atoms with Crippen molar-refractivity contribution in [2.45, 2.75) is 12.9 Å². The lowest BCUT2D eigenvalue weighted by Gasteiger charge is -2.11. The first-order chi connectivity index (χ1) is 9.83. The molecule has 0 aliphatic rings. The van der Waals surface area contributed by atoms with Gasteiger partial charge in [-0.1, -0.05) is 23.7 Å². The van der Waals surface area contributed by atoms with Crippen LogP contribution in [-0.4, -0.2) is 6.36 Å². The molecule has 0 bridgehead atoms. The van der Waals surface area contributed by atoms with Crippen molar-refractivity contribution in [1.82, 2.24) is 0 Å². The highest BCUT2D eigenvalue weighted by Gasteiger charge is 2.31. The lowest BCUT2D eigenvalue weighted by Crippen LogP contribution is -2.17. The van der Waals surface area contributed by atoms with Crippen molar-refractivity contribution >= 4 is 33.2 Å². The Hall–Kier alpha value is -1.40. The van der Waals surface area contributed by atoms with Gasteiger partial charge in [-0.3, -0.25) is 0 Å². The van der Waals surface area contributed by atoms with Gasteiger partial charge < -0.3 is 10.1 Å². The molecule has 0 amide bonds. The summed E-state index contributed by atoms with van der Waals surface area (Å²) in [5.74, 6) is -0.240. The summed E-state index contributed by atoms with van der Waals surface area (Å²) in [5.41, 5.74) is 1.43. The van der Waals surface area contributed by atoms with Crippen molar-refractivity contribution in [1.29, 1.82) is 0 Å². The van der Waals surface area contributed by atoms with Crippen LogP contribution in [0.5, 0.6) is 5.75 Å². The number of hydrogen-bond donors (Lipinski definition) is 1. The Kier molecular flexibility index (Phi) is 5.00. The summed E-state index contributed by atoms with van der Waals surface area (Å²) >= 11 is 9.24. The van der Waals surface area contributed by atoms with Crippen LogP contribution in [0.2, 0.25) is 5.02 Å². The minimum absolute atomic E-state index is 0.240. The molecule has 0 fully saturated rings. The molecule has 0 saturated carbocycles. The third kappa shape index (κ3) is 5.13. The second-order valence-electron chi connectivity index (χ2n) is 4.18. The minimum Gasteiger partial charge on any atom is -0.406 e. The number of rotatable bonds is 4. The van der Waals surface area contributed by atoms with Gasteiger partial charge in [-0.2, -0.15) is 0 Å². The molecule has 0 aromatic heterocycles. The fourth-order valence-electron chi connectivity index (χ4n) is 1.66. The van der Waals surface area contributed by atoms with Crippen molar-refractivity contribution in [3.05, 3.63) is 57.5 Å². The van der Waals surface area contributed by atoms with Crippen LogP contribution >= 0.6 is 27.5 Å². The number of hydrogen-bond acceptors (Lipinski definition) is 2. The number of anilines is 1. The first-order valence-corrected chi connectivity index (χ1v) is 7.04. The molecule has 0 heterocycles. The van der Waals surface area contributed by atoms with Gasteiger partial charge in [-0.25, -0.2) is 0 Å². The molecule has 0 unspecified atom stereocenters. The first kappa shape index (κ1) is 16.0. The van der Waals surface area contributed by atoms with E-state index < -0.39 is 6.36 Å². The lowest BCUT2D eigenvalue weighted by molar-refractivity contribution is -0.274. The summed E-state index contributed by atoms with van der Waals surface area (Å²) in [4.78, 5) is 0. The predicted octanol–water partition coefficient (Wildman–Crippen LogP) is 5.61. The molecule has 0 atom stereocenters. The molecule has 0 saturated heterocycles. The van der Waals surface area contributed by atoms with Crippen molar-refractivity contribution in [2.75, 3.05) is 5.32 Å². The standard InChI is InChI=1S/C14H10BrClF3NO/c15-12-5-4-10(7-13(12)16)20-8-9-2-1-3-11(6-9)21-14(17,18)19/h1-7,20H,8H2. The quantitative estimate of drug-likeness (QED) is 0.744. The van der Waals surface area contributed by atoms with E-state index in [0.29, 0.717) is 17.1 Å². The van der Waals surface area contributed by atoms with Crippen molar-refractivity contribution < 1.29 is 17.9 Å². The number of halogens is 5. The summed E-state index contributed by atoms with van der Waals surface area (Å²) in [6, 6.07) is 11.1. The Balaban J connectivity index is 2.03. The van der Waals surface area contributed by atoms with Gasteiger partial charge in [0.15, 0.2) is 0 Å². The average Bonchev–Trinajstić information content (AvgIpc) is 2.39. The Labute approximate surface area is 133 Å². The fraction of sp³-hybridized carbons (Fsp3) is 0.143. The summed E-state index contributed by atoms with van der Waals surface area (Å²) in [7, 11) is 0. The SMILES string of the molecule is FC(F)(F)Oc1cccc(CNc2ccc(Br)c(Cl)c2)c1. The number of nitrogens with one attached hydrogen (secondary N) is 1. The summed E-state index contributed by atoms with van der Waals surface area (Å²) in [6.07, 6.45) is -4.69. The van der Waals surface area contributed by atoms with Crippen LogP contribution in [0.3, 0.4) is 0 Å². The maximum atomic E-state index is 12.1. The molecule has 2 aromatic carbocycles. The largest absolute Gasteiger partial charge is 0.573 e. The fourth-order valence-corrected chi connectivity index (χ4v) is 2.09. The topological polar surface area (TPSA) is 21.3 Å². The van der Waals surface area contributed by atoms with E-state index in [0.717, 1.165) is 10.2 Å². The number of alkyl halides is 3. The van der Waals surface area contributed by atoms with E-state index in [9.17, 15) is 13.2 Å². The van der Waals surface area contributed by atoms with Gasteiger partial charge in [0.05, 0.1) is 5.02 Å². The smallest absolute Gasteiger partial charge is 0.406 e. The molecule has 0 aliphatic carbocycles. The highest BCUT2D eigenvalue weighted by Crippen LogP contribution is 2.26. The zero-order valence-electron chi connectivity index (χ0n) is 10.5. The summed E-state index contributed by atoms with van der Waals surface area (Å²) < 4.78 is 41.1. The zero-order chi connectivity index (χ0) is 15.5. The average molecular weight is 381 g/mol. The number of benzene rings is 2. The van der Waals surface area contributed by atoms with Crippen LogP contribution in [0.15, 0.2) is 46.9 Å². The van der Waals surface area contributed by atoms with E-state index in [-0.39, 0.29) is 5.75 Å². The van der Waals surface area contributed by atoms with Gasteiger partial charge in [0.25, 0.3) is 0 Å². The number of ether oxygens (including phenoxy) is 1. The molecular weight excluding hydrogens is 371 g/mol. The predicted molar refractivity (Wildman–Crippen MR) is 79.6 cm³/mol. The summed E-state index contributed by atoms with van der Waals surface area (Å²) in [5, 5.41) is 3.63. The van der Waals surface area contributed by atoms with E-state index in [4.69, 9.17) is 11.6 Å². The highest BCUT2D eigenvalue weighted by atomic mass is 79.9. The van der Waals surface area contributed by atoms with E-state index in [1.54, 1.807) is 18.2 Å². The molecule has 112 valence electrons. The Bertz CT molecular complexity index is 634. The molecular formula is C14H10BrClF3NO. The van der Waals surface area contributed by atoms with Crippen LogP contribution in [0.1, 0.15) is 5.56 Å². The molecule has 7 heteroatoms. The maximum absolute atomic E-state index is 12.1. The minimum atomic E-state index is -4.69. The summed E-state index contributed by atoms with van der Waals surface area (Å²) in [6.45, 7) is 0.354.